The third kappa shape index (κ3) is 2.83. The lowest BCUT2D eigenvalue weighted by atomic mass is 10.2. The van der Waals surface area contributed by atoms with Crippen molar-refractivity contribution in [3.05, 3.63) is 60.2 Å². The lowest BCUT2D eigenvalue weighted by Gasteiger charge is -2.13. The van der Waals surface area contributed by atoms with Crippen molar-refractivity contribution < 1.29 is 13.9 Å². The van der Waals surface area contributed by atoms with Crippen molar-refractivity contribution in [3.8, 4) is 0 Å². The summed E-state index contributed by atoms with van der Waals surface area (Å²) in [7, 11) is 1.59. The van der Waals surface area contributed by atoms with Crippen molar-refractivity contribution >= 4 is 16.8 Å². The number of hydrogen-bond donors (Lipinski definition) is 2. The number of para-hydroxylation sites is 1. The van der Waals surface area contributed by atoms with Crippen LogP contribution < -0.4 is 5.32 Å². The molecule has 0 spiro atoms. The smallest absolute Gasteiger partial charge is 0.267 e. The molecule has 1 atom stereocenters. The van der Waals surface area contributed by atoms with Gasteiger partial charge in [-0.3, -0.25) is 4.79 Å². The van der Waals surface area contributed by atoms with Crippen molar-refractivity contribution in [2.45, 2.75) is 6.10 Å². The van der Waals surface area contributed by atoms with Crippen LogP contribution in [0, 0.1) is 0 Å². The molecule has 1 aromatic carbocycles. The van der Waals surface area contributed by atoms with Crippen LogP contribution in [0.1, 0.15) is 22.4 Å². The summed E-state index contributed by atoms with van der Waals surface area (Å²) in [6.45, 7) is 0.345. The Hall–Kier alpha value is -2.53. The summed E-state index contributed by atoms with van der Waals surface area (Å²) in [4.78, 5) is 15.3. The Kier molecular flexibility index (Phi) is 3.75. The van der Waals surface area contributed by atoms with E-state index >= 15 is 0 Å². The molecule has 0 saturated heterocycles. The standard InChI is InChI=1S/C16H16N2O3/c1-20-15(14-7-4-8-21-14)10-17-16(19)13-9-11-5-2-3-6-12(11)18-13/h2-9,15,18H,10H2,1H3,(H,17,19). The van der Waals surface area contributed by atoms with E-state index in [9.17, 15) is 4.79 Å². The Morgan fingerprint density at radius 1 is 1.33 bits per heavy atom. The number of furan rings is 1. The topological polar surface area (TPSA) is 67.3 Å². The summed E-state index contributed by atoms with van der Waals surface area (Å²) < 4.78 is 10.6. The van der Waals surface area contributed by atoms with E-state index in [-0.39, 0.29) is 12.0 Å². The molecule has 2 aromatic heterocycles. The molecule has 5 nitrogen and oxygen atoms in total. The monoisotopic (exact) mass is 284 g/mol. The zero-order valence-electron chi connectivity index (χ0n) is 11.6. The molecular formula is C16H16N2O3. The molecular weight excluding hydrogens is 268 g/mol. The number of rotatable bonds is 5. The quantitative estimate of drug-likeness (QED) is 0.757. The van der Waals surface area contributed by atoms with Crippen molar-refractivity contribution in [3.63, 3.8) is 0 Å². The molecule has 0 bridgehead atoms. The molecule has 0 radical (unpaired) electrons. The highest BCUT2D eigenvalue weighted by Gasteiger charge is 2.16. The molecule has 0 aliphatic heterocycles. The average Bonchev–Trinajstić information content (AvgIpc) is 3.16. The minimum absolute atomic E-state index is 0.167. The van der Waals surface area contributed by atoms with Gasteiger partial charge in [0.1, 0.15) is 17.6 Å². The van der Waals surface area contributed by atoms with Gasteiger partial charge in [0.2, 0.25) is 0 Å². The number of benzene rings is 1. The maximum Gasteiger partial charge on any atom is 0.267 e. The van der Waals surface area contributed by atoms with E-state index in [0.717, 1.165) is 10.9 Å². The van der Waals surface area contributed by atoms with Crippen molar-refractivity contribution in [2.75, 3.05) is 13.7 Å². The van der Waals surface area contributed by atoms with E-state index in [0.29, 0.717) is 18.0 Å². The number of carbonyl (C=O) groups is 1. The SMILES string of the molecule is COC(CNC(=O)c1cc2ccccc2[nH]1)c1ccco1. The highest BCUT2D eigenvalue weighted by Crippen LogP contribution is 2.17. The number of aromatic nitrogens is 1. The maximum absolute atomic E-state index is 12.2. The fourth-order valence-electron chi connectivity index (χ4n) is 2.25. The predicted molar refractivity (Wildman–Crippen MR) is 79.1 cm³/mol. The molecule has 5 heteroatoms. The third-order valence-corrected chi connectivity index (χ3v) is 3.37. The number of H-pyrrole nitrogens is 1. The molecule has 1 amide bonds. The molecule has 1 unspecified atom stereocenters. The van der Waals surface area contributed by atoms with Crippen LogP contribution in [0.5, 0.6) is 0 Å². The first kappa shape index (κ1) is 13.5. The van der Waals surface area contributed by atoms with Crippen molar-refractivity contribution in [2.24, 2.45) is 0 Å². The first-order valence-electron chi connectivity index (χ1n) is 6.70. The van der Waals surface area contributed by atoms with Crippen LogP contribution in [0.3, 0.4) is 0 Å². The number of hydrogen-bond acceptors (Lipinski definition) is 3. The van der Waals surface area contributed by atoms with Crippen LogP contribution in [0.4, 0.5) is 0 Å². The van der Waals surface area contributed by atoms with E-state index in [4.69, 9.17) is 9.15 Å². The summed E-state index contributed by atoms with van der Waals surface area (Å²) in [5.41, 5.74) is 1.47. The first-order chi connectivity index (χ1) is 10.3. The zero-order valence-corrected chi connectivity index (χ0v) is 11.6. The van der Waals surface area contributed by atoms with Gasteiger partial charge in [-0.05, 0) is 24.3 Å². The van der Waals surface area contributed by atoms with Crippen LogP contribution in [0.25, 0.3) is 10.9 Å². The van der Waals surface area contributed by atoms with Gasteiger partial charge in [0.15, 0.2) is 0 Å². The minimum atomic E-state index is -0.298. The number of fused-ring (bicyclic) bond motifs is 1. The van der Waals surface area contributed by atoms with Crippen LogP contribution in [0.15, 0.2) is 53.1 Å². The molecule has 2 N–H and O–H groups in total. The number of amides is 1. The number of ether oxygens (including phenoxy) is 1. The molecule has 0 saturated carbocycles. The Balaban J connectivity index is 1.68. The highest BCUT2D eigenvalue weighted by molar-refractivity contribution is 5.97. The maximum atomic E-state index is 12.2. The Morgan fingerprint density at radius 3 is 2.90 bits per heavy atom. The number of methoxy groups -OCH3 is 1. The van der Waals surface area contributed by atoms with E-state index < -0.39 is 0 Å². The molecule has 0 fully saturated rings. The minimum Gasteiger partial charge on any atom is -0.467 e. The van der Waals surface area contributed by atoms with Gasteiger partial charge >= 0.3 is 0 Å². The summed E-state index contributed by atoms with van der Waals surface area (Å²) in [6, 6.07) is 13.2. The summed E-state index contributed by atoms with van der Waals surface area (Å²) in [5, 5.41) is 3.86. The molecule has 3 aromatic rings. The highest BCUT2D eigenvalue weighted by atomic mass is 16.5. The Bertz CT molecular complexity index is 698. The van der Waals surface area contributed by atoms with Crippen LogP contribution >= 0.6 is 0 Å². The second-order valence-electron chi connectivity index (χ2n) is 4.72. The molecule has 3 rings (SSSR count). The van der Waals surface area contributed by atoms with Gasteiger partial charge in [-0.15, -0.1) is 0 Å². The third-order valence-electron chi connectivity index (χ3n) is 3.37. The number of nitrogens with one attached hydrogen (secondary N) is 2. The normalized spacial score (nSPS) is 12.4. The Labute approximate surface area is 121 Å². The molecule has 21 heavy (non-hydrogen) atoms. The van der Waals surface area contributed by atoms with E-state index in [2.05, 4.69) is 10.3 Å². The molecule has 0 aliphatic rings. The number of carbonyl (C=O) groups excluding carboxylic acids is 1. The van der Waals surface area contributed by atoms with Gasteiger partial charge in [0.05, 0.1) is 12.8 Å². The van der Waals surface area contributed by atoms with E-state index in [1.165, 1.54) is 0 Å². The molecule has 0 aliphatic carbocycles. The van der Waals surface area contributed by atoms with Crippen molar-refractivity contribution in [1.29, 1.82) is 0 Å². The largest absolute Gasteiger partial charge is 0.467 e. The van der Waals surface area contributed by atoms with Gasteiger partial charge in [-0.1, -0.05) is 18.2 Å². The second-order valence-corrected chi connectivity index (χ2v) is 4.72. The fraction of sp³-hybridized carbons (Fsp3) is 0.188. The average molecular weight is 284 g/mol. The lowest BCUT2D eigenvalue weighted by molar-refractivity contribution is 0.0736. The molecule has 108 valence electrons. The summed E-state index contributed by atoms with van der Waals surface area (Å²) >= 11 is 0. The van der Waals surface area contributed by atoms with Gasteiger partial charge < -0.3 is 19.5 Å². The number of aromatic amines is 1. The van der Waals surface area contributed by atoms with Crippen LogP contribution in [-0.4, -0.2) is 24.5 Å². The summed E-state index contributed by atoms with van der Waals surface area (Å²) in [6.07, 6.45) is 1.29. The van der Waals surface area contributed by atoms with Crippen molar-refractivity contribution in [1.82, 2.24) is 10.3 Å². The Morgan fingerprint density at radius 2 is 2.19 bits per heavy atom. The molecule has 2 heterocycles. The second kappa shape index (κ2) is 5.85. The van der Waals surface area contributed by atoms with Crippen LogP contribution in [-0.2, 0) is 4.74 Å². The van der Waals surface area contributed by atoms with E-state index in [1.807, 2.05) is 36.4 Å². The zero-order chi connectivity index (χ0) is 14.7. The van der Waals surface area contributed by atoms with E-state index in [1.54, 1.807) is 19.4 Å². The summed E-state index contributed by atoms with van der Waals surface area (Å²) in [5.74, 6) is 0.522. The van der Waals surface area contributed by atoms with Gasteiger partial charge in [-0.25, -0.2) is 0 Å². The lowest BCUT2D eigenvalue weighted by Crippen LogP contribution is -2.29. The van der Waals surface area contributed by atoms with Crippen LogP contribution in [0.2, 0.25) is 0 Å². The first-order valence-corrected chi connectivity index (χ1v) is 6.70. The van der Waals surface area contributed by atoms with Gasteiger partial charge in [-0.2, -0.15) is 0 Å². The fourth-order valence-corrected chi connectivity index (χ4v) is 2.25. The predicted octanol–water partition coefficient (Wildman–Crippen LogP) is 2.88. The van der Waals surface area contributed by atoms with Gasteiger partial charge in [0.25, 0.3) is 5.91 Å². The van der Waals surface area contributed by atoms with Gasteiger partial charge in [0, 0.05) is 18.0 Å².